The monoisotopic (exact) mass is 257 g/mol. The number of aromatic nitrogens is 1. The van der Waals surface area contributed by atoms with E-state index in [9.17, 15) is 9.59 Å². The molecule has 0 spiro atoms. The van der Waals surface area contributed by atoms with Crippen LogP contribution in [0, 0.1) is 6.92 Å². The number of nitrogens with one attached hydrogen (secondary N) is 1. The van der Waals surface area contributed by atoms with Crippen molar-refractivity contribution in [3.8, 4) is 0 Å². The Morgan fingerprint density at radius 1 is 1.42 bits per heavy atom. The van der Waals surface area contributed by atoms with Gasteiger partial charge in [-0.1, -0.05) is 25.1 Å². The minimum atomic E-state index is -1.07. The molecule has 0 amide bonds. The van der Waals surface area contributed by atoms with Crippen molar-refractivity contribution < 1.29 is 9.90 Å². The molecule has 0 unspecified atom stereocenters. The lowest BCUT2D eigenvalue weighted by atomic mass is 10.0. The Labute approximate surface area is 110 Å². The number of carboxylic acid groups (broad SMARTS) is 1. The van der Waals surface area contributed by atoms with Gasteiger partial charge >= 0.3 is 5.97 Å². The highest BCUT2D eigenvalue weighted by atomic mass is 16.4. The van der Waals surface area contributed by atoms with Gasteiger partial charge in [-0.05, 0) is 30.5 Å². The summed E-state index contributed by atoms with van der Waals surface area (Å²) in [5.74, 6) is -1.07. The van der Waals surface area contributed by atoms with E-state index in [1.165, 1.54) is 6.08 Å². The predicted octanol–water partition coefficient (Wildman–Crippen LogP) is 2.50. The van der Waals surface area contributed by atoms with E-state index in [2.05, 4.69) is 4.98 Å². The molecule has 0 aliphatic rings. The fraction of sp³-hybridized carbons (Fsp3) is 0.200. The topological polar surface area (TPSA) is 70.2 Å². The van der Waals surface area contributed by atoms with Gasteiger partial charge in [-0.2, -0.15) is 0 Å². The van der Waals surface area contributed by atoms with Crippen molar-refractivity contribution >= 4 is 22.9 Å². The van der Waals surface area contributed by atoms with Crippen molar-refractivity contribution in [2.75, 3.05) is 0 Å². The Balaban J connectivity index is 2.76. The second-order valence-corrected chi connectivity index (χ2v) is 4.36. The summed E-state index contributed by atoms with van der Waals surface area (Å²) in [7, 11) is 0. The van der Waals surface area contributed by atoms with Crippen molar-refractivity contribution in [3.63, 3.8) is 0 Å². The van der Waals surface area contributed by atoms with Gasteiger partial charge in [0, 0.05) is 17.0 Å². The normalized spacial score (nSPS) is 11.3. The third-order valence-corrected chi connectivity index (χ3v) is 3.22. The van der Waals surface area contributed by atoms with Gasteiger partial charge in [0.2, 0.25) is 0 Å². The molecule has 1 aromatic carbocycles. The van der Waals surface area contributed by atoms with E-state index >= 15 is 0 Å². The summed E-state index contributed by atoms with van der Waals surface area (Å²) in [5.41, 5.74) is 2.84. The van der Waals surface area contributed by atoms with E-state index in [1.54, 1.807) is 0 Å². The number of para-hydroxylation sites is 1. The van der Waals surface area contributed by atoms with Crippen LogP contribution in [-0.4, -0.2) is 16.1 Å². The molecule has 4 heteroatoms. The molecule has 0 saturated carbocycles. The second-order valence-electron chi connectivity index (χ2n) is 4.36. The largest absolute Gasteiger partial charge is 0.478 e. The first-order valence-corrected chi connectivity index (χ1v) is 6.10. The summed E-state index contributed by atoms with van der Waals surface area (Å²) in [6.45, 7) is 3.86. The zero-order valence-electron chi connectivity index (χ0n) is 10.9. The lowest BCUT2D eigenvalue weighted by Gasteiger charge is -2.08. The van der Waals surface area contributed by atoms with Crippen LogP contribution in [0.25, 0.3) is 17.0 Å². The van der Waals surface area contributed by atoms with E-state index in [4.69, 9.17) is 5.11 Å². The number of H-pyrrole nitrogens is 1. The molecule has 0 atom stereocenters. The number of benzene rings is 1. The van der Waals surface area contributed by atoms with Crippen molar-refractivity contribution in [2.24, 2.45) is 0 Å². The minimum absolute atomic E-state index is 0.261. The second kappa shape index (κ2) is 5.10. The first-order chi connectivity index (χ1) is 9.04. The van der Waals surface area contributed by atoms with Gasteiger partial charge in [0.05, 0.1) is 5.52 Å². The number of aryl methyl sites for hydroxylation is 2. The summed E-state index contributed by atoms with van der Waals surface area (Å²) in [5, 5.41) is 9.60. The van der Waals surface area contributed by atoms with Crippen LogP contribution < -0.4 is 5.56 Å². The van der Waals surface area contributed by atoms with Crippen LogP contribution >= 0.6 is 0 Å². The zero-order valence-corrected chi connectivity index (χ0v) is 10.9. The highest BCUT2D eigenvalue weighted by molar-refractivity contribution is 5.90. The molecule has 2 N–H and O–H groups in total. The maximum atomic E-state index is 12.0. The highest BCUT2D eigenvalue weighted by Gasteiger charge is 2.09. The lowest BCUT2D eigenvalue weighted by Crippen LogP contribution is -2.12. The van der Waals surface area contributed by atoms with E-state index in [0.29, 0.717) is 5.56 Å². The Hall–Kier alpha value is -2.36. The SMILES string of the molecule is CCc1cccc2c(C)c(/C=C/C(=O)O)c(=O)[nH]c12. The van der Waals surface area contributed by atoms with E-state index in [-0.39, 0.29) is 5.56 Å². The average molecular weight is 257 g/mol. The Morgan fingerprint density at radius 3 is 2.79 bits per heavy atom. The summed E-state index contributed by atoms with van der Waals surface area (Å²) in [4.78, 5) is 25.4. The van der Waals surface area contributed by atoms with Crippen molar-refractivity contribution in [1.29, 1.82) is 0 Å². The zero-order chi connectivity index (χ0) is 14.0. The number of hydrogen-bond acceptors (Lipinski definition) is 2. The number of aromatic amines is 1. The maximum absolute atomic E-state index is 12.0. The summed E-state index contributed by atoms with van der Waals surface area (Å²) in [6, 6.07) is 5.85. The molecular weight excluding hydrogens is 242 g/mol. The maximum Gasteiger partial charge on any atom is 0.328 e. The lowest BCUT2D eigenvalue weighted by molar-refractivity contribution is -0.131. The van der Waals surface area contributed by atoms with Gasteiger partial charge in [-0.3, -0.25) is 4.79 Å². The number of fused-ring (bicyclic) bond motifs is 1. The molecule has 2 rings (SSSR count). The minimum Gasteiger partial charge on any atom is -0.478 e. The molecule has 1 aromatic heterocycles. The van der Waals surface area contributed by atoms with Crippen LogP contribution in [0.5, 0.6) is 0 Å². The van der Waals surface area contributed by atoms with Gasteiger partial charge < -0.3 is 10.1 Å². The van der Waals surface area contributed by atoms with Gasteiger partial charge in [-0.25, -0.2) is 4.79 Å². The smallest absolute Gasteiger partial charge is 0.328 e. The molecule has 0 saturated heterocycles. The van der Waals surface area contributed by atoms with Gasteiger partial charge in [0.1, 0.15) is 0 Å². The van der Waals surface area contributed by atoms with Crippen LogP contribution in [0.2, 0.25) is 0 Å². The van der Waals surface area contributed by atoms with Gasteiger partial charge in [-0.15, -0.1) is 0 Å². The number of hydrogen-bond donors (Lipinski definition) is 2. The average Bonchev–Trinajstić information content (AvgIpc) is 2.37. The van der Waals surface area contributed by atoms with E-state index < -0.39 is 5.97 Å². The first-order valence-electron chi connectivity index (χ1n) is 6.10. The van der Waals surface area contributed by atoms with Crippen LogP contribution in [0.15, 0.2) is 29.1 Å². The standard InChI is InChI=1S/C15H15NO3/c1-3-10-5-4-6-11-9(2)12(7-8-13(17)18)15(19)16-14(10)11/h4-8H,3H2,1-2H3,(H,16,19)(H,17,18)/b8-7+. The summed E-state index contributed by atoms with van der Waals surface area (Å²) in [6.07, 6.45) is 3.15. The van der Waals surface area contributed by atoms with Crippen molar-refractivity contribution in [3.05, 3.63) is 51.3 Å². The molecule has 4 nitrogen and oxygen atoms in total. The van der Waals surface area contributed by atoms with Crippen molar-refractivity contribution in [1.82, 2.24) is 4.98 Å². The molecule has 2 aromatic rings. The molecule has 0 fully saturated rings. The predicted molar refractivity (Wildman–Crippen MR) is 75.4 cm³/mol. The third kappa shape index (κ3) is 2.42. The van der Waals surface area contributed by atoms with E-state index in [0.717, 1.165) is 34.5 Å². The highest BCUT2D eigenvalue weighted by Crippen LogP contribution is 2.21. The number of pyridine rings is 1. The molecule has 19 heavy (non-hydrogen) atoms. The third-order valence-electron chi connectivity index (χ3n) is 3.22. The van der Waals surface area contributed by atoms with Gasteiger partial charge in [0.25, 0.3) is 5.56 Å². The Morgan fingerprint density at radius 2 is 2.16 bits per heavy atom. The first kappa shape index (κ1) is 13.1. The van der Waals surface area contributed by atoms with Crippen LogP contribution in [0.4, 0.5) is 0 Å². The number of carbonyl (C=O) groups is 1. The fourth-order valence-electron chi connectivity index (χ4n) is 2.21. The molecule has 0 radical (unpaired) electrons. The Kier molecular flexibility index (Phi) is 3.51. The molecular formula is C15H15NO3. The van der Waals surface area contributed by atoms with Gasteiger partial charge in [0.15, 0.2) is 0 Å². The molecule has 0 aliphatic carbocycles. The molecule has 98 valence electrons. The molecule has 0 aliphatic heterocycles. The van der Waals surface area contributed by atoms with Crippen LogP contribution in [0.1, 0.15) is 23.6 Å². The Bertz CT molecular complexity index is 726. The molecule has 1 heterocycles. The van der Waals surface area contributed by atoms with Crippen LogP contribution in [0.3, 0.4) is 0 Å². The fourth-order valence-corrected chi connectivity index (χ4v) is 2.21. The van der Waals surface area contributed by atoms with E-state index in [1.807, 2.05) is 32.0 Å². The quantitative estimate of drug-likeness (QED) is 0.830. The summed E-state index contributed by atoms with van der Waals surface area (Å²) < 4.78 is 0. The molecule has 0 bridgehead atoms. The van der Waals surface area contributed by atoms with Crippen molar-refractivity contribution in [2.45, 2.75) is 20.3 Å². The van der Waals surface area contributed by atoms with Crippen LogP contribution in [-0.2, 0) is 11.2 Å². The number of carboxylic acids is 1. The summed E-state index contributed by atoms with van der Waals surface area (Å²) >= 11 is 0. The number of rotatable bonds is 3. The number of aliphatic carboxylic acids is 1.